The molecule has 1 aliphatic rings. The van der Waals surface area contributed by atoms with Gasteiger partial charge in [-0.1, -0.05) is 103 Å². The Morgan fingerprint density at radius 3 is 1.17 bits per heavy atom. The van der Waals surface area contributed by atoms with Crippen molar-refractivity contribution < 1.29 is 56.1 Å². The lowest BCUT2D eigenvalue weighted by atomic mass is 9.78. The number of halogens is 4. The fourth-order valence-corrected chi connectivity index (χ4v) is 8.67. The number of carbonyl (C=O) groups excluding carboxylic acids is 4. The molecule has 390 valence electrons. The van der Waals surface area contributed by atoms with Crippen LogP contribution in [0.4, 0.5) is 17.6 Å². The number of hydrazine groups is 2. The summed E-state index contributed by atoms with van der Waals surface area (Å²) in [5, 5.41) is 20.8. The van der Waals surface area contributed by atoms with Crippen LogP contribution in [0.25, 0.3) is 0 Å². The highest BCUT2D eigenvalue weighted by atomic mass is 19.1. The molecule has 5 rings (SSSR count). The van der Waals surface area contributed by atoms with Gasteiger partial charge in [-0.25, -0.2) is 27.6 Å². The second-order valence-corrected chi connectivity index (χ2v) is 22.0. The number of rotatable bonds is 12. The molecule has 0 radical (unpaired) electrons. The van der Waals surface area contributed by atoms with Gasteiger partial charge in [-0.15, -0.1) is 0 Å². The molecule has 1 aliphatic heterocycles. The second-order valence-electron chi connectivity index (χ2n) is 22.0. The zero-order valence-electron chi connectivity index (χ0n) is 44.7. The zero-order chi connectivity index (χ0) is 54.6. The Morgan fingerprint density at radius 2 is 0.889 bits per heavy atom. The smallest absolute Gasteiger partial charge is 0.423 e. The number of nitrogens with one attached hydrogen (secondary N) is 2. The quantitative estimate of drug-likeness (QED) is 0.0622. The van der Waals surface area contributed by atoms with Crippen LogP contribution >= 0.6 is 0 Å². The molecule has 4 aromatic carbocycles. The van der Waals surface area contributed by atoms with Crippen LogP contribution in [0.1, 0.15) is 172 Å². The van der Waals surface area contributed by atoms with Crippen molar-refractivity contribution in [3.63, 3.8) is 0 Å². The normalized spacial score (nSPS) is 14.9. The molecule has 0 spiro atoms. The maximum Gasteiger partial charge on any atom is 0.495 e. The molecule has 2 atom stereocenters. The lowest BCUT2D eigenvalue weighted by Gasteiger charge is -2.40. The maximum atomic E-state index is 15.3. The Hall–Kier alpha value is -5.55. The van der Waals surface area contributed by atoms with E-state index >= 15 is 8.78 Å². The van der Waals surface area contributed by atoms with Crippen molar-refractivity contribution in [3.8, 4) is 0 Å². The lowest BCUT2D eigenvalue weighted by Crippen LogP contribution is -2.56. The molecule has 0 unspecified atom stereocenters. The average molecular weight is 1000 g/mol. The van der Waals surface area contributed by atoms with E-state index in [9.17, 15) is 38.0 Å². The molecule has 4 aromatic rings. The van der Waals surface area contributed by atoms with E-state index in [4.69, 9.17) is 9.31 Å². The van der Waals surface area contributed by atoms with Gasteiger partial charge in [-0.05, 0) is 139 Å². The molecule has 18 heteroatoms. The molecule has 0 aliphatic carbocycles. The molecular formula is C54H72B2F4N4O8. The van der Waals surface area contributed by atoms with Gasteiger partial charge in [0.1, 0.15) is 34.4 Å². The largest absolute Gasteiger partial charge is 0.495 e. The van der Waals surface area contributed by atoms with E-state index in [2.05, 4.69) is 10.9 Å². The molecule has 0 aromatic heterocycles. The first-order valence-electron chi connectivity index (χ1n) is 24.3. The first kappa shape index (κ1) is 59.0. The molecule has 0 bridgehead atoms. The molecule has 72 heavy (non-hydrogen) atoms. The van der Waals surface area contributed by atoms with Crippen molar-refractivity contribution in [2.24, 2.45) is 10.8 Å². The Kier molecular flexibility index (Phi) is 18.9. The first-order valence-corrected chi connectivity index (χ1v) is 24.3. The van der Waals surface area contributed by atoms with Gasteiger partial charge >= 0.3 is 14.2 Å². The molecule has 1 fully saturated rings. The number of hydrogen-bond acceptors (Lipinski definition) is 8. The van der Waals surface area contributed by atoms with Crippen LogP contribution in [0, 0.1) is 61.8 Å². The second kappa shape index (κ2) is 23.1. The topological polar surface area (TPSA) is 158 Å². The van der Waals surface area contributed by atoms with Crippen LogP contribution in [-0.2, 0) is 9.31 Å². The highest BCUT2D eigenvalue weighted by Gasteiger charge is 2.52. The standard InChI is InChI=1S/C30H41BF2N2O4.C24H31BF2N2O4/c1-11-12-24(28(4,5)6)35(27(37)20-14-18(2)13-19(3)15-20)34-26(36)25-22(32)16-21(17-23(25)33)31-38-29(7,8)30(9,10)39-31;1-7-8-20(24(4,5)6)29(23(31)16-10-14(2)9-15(3)11-16)28-22(30)21-18(26)12-17(25(32)33)13-19(21)27/h13-17,24H,11-12H2,1-10H3,(H,34,36);9-13,20,32-33H,7-8H2,1-6H3,(H,28,30)/t24-;20-/m11/s1. The van der Waals surface area contributed by atoms with E-state index < -0.39 is 112 Å². The number of carbonyl (C=O) groups is 4. The Morgan fingerprint density at radius 1 is 0.583 bits per heavy atom. The van der Waals surface area contributed by atoms with Crippen molar-refractivity contribution in [2.75, 3.05) is 0 Å². The van der Waals surface area contributed by atoms with Crippen LogP contribution in [0.3, 0.4) is 0 Å². The van der Waals surface area contributed by atoms with Crippen LogP contribution in [0.5, 0.6) is 0 Å². The van der Waals surface area contributed by atoms with Gasteiger partial charge in [-0.2, -0.15) is 0 Å². The molecule has 4 N–H and O–H groups in total. The van der Waals surface area contributed by atoms with Crippen molar-refractivity contribution in [1.82, 2.24) is 20.9 Å². The van der Waals surface area contributed by atoms with E-state index in [0.29, 0.717) is 42.5 Å². The highest BCUT2D eigenvalue weighted by Crippen LogP contribution is 2.37. The average Bonchev–Trinajstić information content (AvgIpc) is 3.46. The zero-order valence-corrected chi connectivity index (χ0v) is 44.7. The molecule has 4 amide bonds. The SMILES string of the molecule is CCC[C@@H](N(NC(=O)c1c(F)cc(B(O)O)cc1F)C(=O)c1cc(C)cc(C)c1)C(C)(C)C.CCC[C@@H](N(NC(=O)c1c(F)cc(B2OC(C)(C)C(C)(C)O2)cc1F)C(=O)c1cc(C)cc(C)c1)C(C)(C)C. The summed E-state index contributed by atoms with van der Waals surface area (Å²) in [6, 6.07) is 13.2. The molecule has 1 heterocycles. The van der Waals surface area contributed by atoms with Crippen molar-refractivity contribution in [1.29, 1.82) is 0 Å². The summed E-state index contributed by atoms with van der Waals surface area (Å²) < 4.78 is 71.6. The van der Waals surface area contributed by atoms with Crippen LogP contribution in [0.2, 0.25) is 0 Å². The maximum absolute atomic E-state index is 15.3. The Bertz CT molecular complexity index is 2550. The van der Waals surface area contributed by atoms with E-state index in [1.807, 2.05) is 123 Å². The molecule has 0 saturated carbocycles. The molecule has 1 saturated heterocycles. The lowest BCUT2D eigenvalue weighted by molar-refractivity contribution is 0.00578. The number of nitrogens with zero attached hydrogens (tertiary/aromatic N) is 2. The summed E-state index contributed by atoms with van der Waals surface area (Å²) in [5.74, 6) is -7.81. The molecule has 12 nitrogen and oxygen atoms in total. The third-order valence-corrected chi connectivity index (χ3v) is 13.0. The van der Waals surface area contributed by atoms with Crippen molar-refractivity contribution in [3.05, 3.63) is 128 Å². The Labute approximate surface area is 423 Å². The van der Waals surface area contributed by atoms with Crippen molar-refractivity contribution >= 4 is 48.8 Å². The van der Waals surface area contributed by atoms with Crippen LogP contribution in [0.15, 0.2) is 60.7 Å². The molecular weight excluding hydrogens is 930 g/mol. The van der Waals surface area contributed by atoms with Gasteiger partial charge in [0.15, 0.2) is 0 Å². The highest BCUT2D eigenvalue weighted by molar-refractivity contribution is 6.62. The summed E-state index contributed by atoms with van der Waals surface area (Å²) in [6.07, 6.45) is 2.56. The van der Waals surface area contributed by atoms with Crippen LogP contribution in [-0.4, -0.2) is 81.2 Å². The van der Waals surface area contributed by atoms with Gasteiger partial charge in [0.25, 0.3) is 23.6 Å². The number of amides is 4. The summed E-state index contributed by atoms with van der Waals surface area (Å²) in [5.41, 5.74) is 4.95. The van der Waals surface area contributed by atoms with Gasteiger partial charge in [-0.3, -0.25) is 30.0 Å². The number of aryl methyl sites for hydroxylation is 4. The minimum atomic E-state index is -2.09. The predicted molar refractivity (Wildman–Crippen MR) is 274 cm³/mol. The fourth-order valence-electron chi connectivity index (χ4n) is 8.67. The van der Waals surface area contributed by atoms with Gasteiger partial charge in [0.05, 0.1) is 23.3 Å². The summed E-state index contributed by atoms with van der Waals surface area (Å²) in [4.78, 5) is 53.7. The van der Waals surface area contributed by atoms with E-state index in [0.717, 1.165) is 45.8 Å². The minimum Gasteiger partial charge on any atom is -0.423 e. The fraction of sp³-hybridized carbons (Fsp3) is 0.481. The third kappa shape index (κ3) is 14.1. The number of hydrogen-bond donors (Lipinski definition) is 4. The monoisotopic (exact) mass is 1000 g/mol. The first-order chi connectivity index (χ1) is 33.1. The van der Waals surface area contributed by atoms with Gasteiger partial charge < -0.3 is 19.4 Å². The summed E-state index contributed by atoms with van der Waals surface area (Å²) >= 11 is 0. The number of benzene rings is 4. The van der Waals surface area contributed by atoms with Crippen molar-refractivity contribution in [2.45, 2.75) is 160 Å². The van der Waals surface area contributed by atoms with Crippen LogP contribution < -0.4 is 21.8 Å². The predicted octanol–water partition coefficient (Wildman–Crippen LogP) is 9.15. The summed E-state index contributed by atoms with van der Waals surface area (Å²) in [6.45, 7) is 30.4. The van der Waals surface area contributed by atoms with E-state index in [1.165, 1.54) is 5.01 Å². The van der Waals surface area contributed by atoms with E-state index in [-0.39, 0.29) is 5.46 Å². The minimum absolute atomic E-state index is 0.127. The third-order valence-electron chi connectivity index (χ3n) is 13.0. The summed E-state index contributed by atoms with van der Waals surface area (Å²) in [7, 11) is -3.09. The Balaban J connectivity index is 0.000000317. The van der Waals surface area contributed by atoms with Gasteiger partial charge in [0.2, 0.25) is 0 Å². The van der Waals surface area contributed by atoms with Gasteiger partial charge in [0, 0.05) is 11.1 Å². The van der Waals surface area contributed by atoms with E-state index in [1.54, 1.807) is 24.3 Å².